The molecular formula is C22H25IN4O2S. The van der Waals surface area contributed by atoms with Crippen LogP contribution in [0.4, 0.5) is 5.69 Å². The first-order valence-corrected chi connectivity index (χ1v) is 11.9. The number of aromatic nitrogens is 3. The second kappa shape index (κ2) is 10.8. The molecular weight excluding hydrogens is 511 g/mol. The summed E-state index contributed by atoms with van der Waals surface area (Å²) in [6.45, 7) is 7.19. The fourth-order valence-corrected chi connectivity index (χ4v) is 4.37. The maximum Gasteiger partial charge on any atom is 0.234 e. The lowest BCUT2D eigenvalue weighted by molar-refractivity contribution is -0.113. The van der Waals surface area contributed by atoms with Crippen molar-refractivity contribution in [3.8, 4) is 5.75 Å². The van der Waals surface area contributed by atoms with Crippen LogP contribution in [0.1, 0.15) is 30.8 Å². The van der Waals surface area contributed by atoms with Crippen molar-refractivity contribution < 1.29 is 9.53 Å². The molecule has 0 saturated carbocycles. The maximum absolute atomic E-state index is 12.4. The number of hydrogen-bond acceptors (Lipinski definition) is 5. The number of ether oxygens (including phenoxy) is 1. The lowest BCUT2D eigenvalue weighted by Gasteiger charge is -2.10. The molecule has 158 valence electrons. The summed E-state index contributed by atoms with van der Waals surface area (Å²) in [5.41, 5.74) is 3.15. The molecule has 3 rings (SSSR count). The van der Waals surface area contributed by atoms with E-state index in [0.29, 0.717) is 18.3 Å². The van der Waals surface area contributed by atoms with Crippen molar-refractivity contribution in [2.24, 2.45) is 0 Å². The average Bonchev–Trinajstić information content (AvgIpc) is 3.15. The average molecular weight is 536 g/mol. The molecule has 0 fully saturated rings. The Morgan fingerprint density at radius 2 is 1.93 bits per heavy atom. The Labute approximate surface area is 195 Å². The van der Waals surface area contributed by atoms with E-state index in [0.717, 1.165) is 32.8 Å². The summed E-state index contributed by atoms with van der Waals surface area (Å²) in [5, 5.41) is 12.2. The molecule has 1 aromatic heterocycles. The van der Waals surface area contributed by atoms with Crippen LogP contribution in [0, 0.1) is 10.5 Å². The molecule has 0 atom stereocenters. The van der Waals surface area contributed by atoms with E-state index in [4.69, 9.17) is 4.74 Å². The second-order valence-corrected chi connectivity index (χ2v) is 8.91. The first kappa shape index (κ1) is 22.6. The lowest BCUT2D eigenvalue weighted by Crippen LogP contribution is -2.15. The summed E-state index contributed by atoms with van der Waals surface area (Å²) < 4.78 is 8.99. The van der Waals surface area contributed by atoms with Gasteiger partial charge in [0.15, 0.2) is 11.0 Å². The predicted octanol–water partition coefficient (Wildman–Crippen LogP) is 5.08. The quantitative estimate of drug-likeness (QED) is 0.305. The number of carbonyl (C=O) groups excluding carboxylic acids is 1. The van der Waals surface area contributed by atoms with Crippen LogP contribution in [0.2, 0.25) is 0 Å². The number of thioether (sulfide) groups is 1. The van der Waals surface area contributed by atoms with E-state index in [1.54, 1.807) is 0 Å². The highest BCUT2D eigenvalue weighted by Crippen LogP contribution is 2.21. The number of nitrogens with one attached hydrogen (secondary N) is 1. The Bertz CT molecular complexity index is 1000. The third-order valence-corrected chi connectivity index (χ3v) is 6.24. The van der Waals surface area contributed by atoms with Gasteiger partial charge in [0, 0.05) is 15.8 Å². The van der Waals surface area contributed by atoms with Gasteiger partial charge in [-0.15, -0.1) is 10.2 Å². The Balaban J connectivity index is 1.57. The van der Waals surface area contributed by atoms with E-state index in [1.807, 2.05) is 48.7 Å². The molecule has 2 aromatic carbocycles. The second-order valence-electron chi connectivity index (χ2n) is 6.73. The topological polar surface area (TPSA) is 69.0 Å². The van der Waals surface area contributed by atoms with Crippen LogP contribution in [-0.2, 0) is 24.4 Å². The van der Waals surface area contributed by atoms with Crippen molar-refractivity contribution >= 4 is 45.9 Å². The number of amides is 1. The standard InChI is InChI=1S/C22H25IN4O2S/c1-4-16-6-9-18(10-7-16)29-13-20-25-26-22(27(20)5-2)30-14-21(28)24-19-11-8-17(23)12-15(19)3/h6-12H,4-5,13-14H2,1-3H3,(H,24,28). The molecule has 0 aliphatic rings. The minimum Gasteiger partial charge on any atom is -0.486 e. The van der Waals surface area contributed by atoms with Gasteiger partial charge in [-0.2, -0.15) is 0 Å². The Hall–Kier alpha value is -2.07. The minimum absolute atomic E-state index is 0.0659. The minimum atomic E-state index is -0.0659. The van der Waals surface area contributed by atoms with Gasteiger partial charge in [-0.25, -0.2) is 0 Å². The summed E-state index contributed by atoms with van der Waals surface area (Å²) in [6.07, 6.45) is 1.00. The van der Waals surface area contributed by atoms with Gasteiger partial charge in [0.25, 0.3) is 0 Å². The highest BCUT2D eigenvalue weighted by Gasteiger charge is 2.14. The number of aryl methyl sites for hydroxylation is 2. The fraction of sp³-hybridized carbons (Fsp3) is 0.318. The van der Waals surface area contributed by atoms with E-state index in [9.17, 15) is 4.79 Å². The van der Waals surface area contributed by atoms with Crippen molar-refractivity contribution in [3.63, 3.8) is 0 Å². The number of hydrogen-bond donors (Lipinski definition) is 1. The van der Waals surface area contributed by atoms with E-state index >= 15 is 0 Å². The molecule has 6 nitrogen and oxygen atoms in total. The molecule has 0 aliphatic carbocycles. The van der Waals surface area contributed by atoms with Gasteiger partial charge in [0.1, 0.15) is 12.4 Å². The summed E-state index contributed by atoms with van der Waals surface area (Å²) in [7, 11) is 0. The van der Waals surface area contributed by atoms with Gasteiger partial charge in [-0.05, 0) is 84.3 Å². The van der Waals surface area contributed by atoms with Gasteiger partial charge in [0.2, 0.25) is 5.91 Å². The number of rotatable bonds is 9. The van der Waals surface area contributed by atoms with Crippen LogP contribution in [0.15, 0.2) is 47.6 Å². The number of carbonyl (C=O) groups is 1. The zero-order chi connectivity index (χ0) is 21.5. The summed E-state index contributed by atoms with van der Waals surface area (Å²) >= 11 is 3.63. The van der Waals surface area contributed by atoms with Crippen LogP contribution in [-0.4, -0.2) is 26.4 Å². The van der Waals surface area contributed by atoms with Crippen molar-refractivity contribution in [1.82, 2.24) is 14.8 Å². The number of benzene rings is 2. The molecule has 8 heteroatoms. The van der Waals surface area contributed by atoms with Gasteiger partial charge >= 0.3 is 0 Å². The fourth-order valence-electron chi connectivity index (χ4n) is 2.90. The SMILES string of the molecule is CCc1ccc(OCc2nnc(SCC(=O)Nc3ccc(I)cc3C)n2CC)cc1. The van der Waals surface area contributed by atoms with E-state index in [2.05, 4.69) is 57.2 Å². The monoisotopic (exact) mass is 536 g/mol. The summed E-state index contributed by atoms with van der Waals surface area (Å²) in [6, 6.07) is 14.0. The highest BCUT2D eigenvalue weighted by atomic mass is 127. The van der Waals surface area contributed by atoms with E-state index < -0.39 is 0 Å². The van der Waals surface area contributed by atoms with Gasteiger partial charge in [-0.3, -0.25) is 4.79 Å². The summed E-state index contributed by atoms with van der Waals surface area (Å²) in [5.74, 6) is 1.75. The molecule has 3 aromatic rings. The van der Waals surface area contributed by atoms with Crippen LogP contribution < -0.4 is 10.1 Å². The largest absolute Gasteiger partial charge is 0.486 e. The molecule has 0 saturated heterocycles. The maximum atomic E-state index is 12.4. The number of halogens is 1. The molecule has 0 bridgehead atoms. The first-order chi connectivity index (χ1) is 14.5. The Kier molecular flexibility index (Phi) is 8.15. The normalized spacial score (nSPS) is 10.8. The van der Waals surface area contributed by atoms with Crippen LogP contribution in [0.25, 0.3) is 0 Å². The molecule has 0 unspecified atom stereocenters. The van der Waals surface area contributed by atoms with Crippen LogP contribution in [0.3, 0.4) is 0 Å². The van der Waals surface area contributed by atoms with Crippen molar-refractivity contribution in [2.45, 2.75) is 45.5 Å². The van der Waals surface area contributed by atoms with Crippen LogP contribution >= 0.6 is 34.4 Å². The van der Waals surface area contributed by atoms with Crippen molar-refractivity contribution in [2.75, 3.05) is 11.1 Å². The highest BCUT2D eigenvalue weighted by molar-refractivity contribution is 14.1. The molecule has 1 amide bonds. The molecule has 0 spiro atoms. The number of anilines is 1. The van der Waals surface area contributed by atoms with E-state index in [-0.39, 0.29) is 11.7 Å². The summed E-state index contributed by atoms with van der Waals surface area (Å²) in [4.78, 5) is 12.4. The van der Waals surface area contributed by atoms with Crippen LogP contribution in [0.5, 0.6) is 5.75 Å². The predicted molar refractivity (Wildman–Crippen MR) is 129 cm³/mol. The van der Waals surface area contributed by atoms with Gasteiger partial charge in [-0.1, -0.05) is 30.8 Å². The molecule has 0 radical (unpaired) electrons. The van der Waals surface area contributed by atoms with Crippen molar-refractivity contribution in [1.29, 1.82) is 0 Å². The third kappa shape index (κ3) is 5.98. The van der Waals surface area contributed by atoms with Crippen molar-refractivity contribution in [3.05, 3.63) is 63.0 Å². The lowest BCUT2D eigenvalue weighted by atomic mass is 10.2. The van der Waals surface area contributed by atoms with Gasteiger partial charge in [0.05, 0.1) is 5.75 Å². The van der Waals surface area contributed by atoms with E-state index in [1.165, 1.54) is 17.3 Å². The Morgan fingerprint density at radius 1 is 1.17 bits per heavy atom. The Morgan fingerprint density at radius 3 is 2.60 bits per heavy atom. The molecule has 0 aliphatic heterocycles. The number of nitrogens with zero attached hydrogens (tertiary/aromatic N) is 3. The molecule has 1 heterocycles. The molecule has 1 N–H and O–H groups in total. The first-order valence-electron chi connectivity index (χ1n) is 9.82. The van der Waals surface area contributed by atoms with Gasteiger partial charge < -0.3 is 14.6 Å². The zero-order valence-electron chi connectivity index (χ0n) is 17.3. The smallest absolute Gasteiger partial charge is 0.234 e. The molecule has 30 heavy (non-hydrogen) atoms. The zero-order valence-corrected chi connectivity index (χ0v) is 20.3. The third-order valence-electron chi connectivity index (χ3n) is 4.60.